The highest BCUT2D eigenvalue weighted by Crippen LogP contribution is 2.37. The minimum atomic E-state index is 0.225. The number of aromatic hydroxyl groups is 1. The maximum Gasteiger partial charge on any atom is 0.161 e. The molecule has 3 nitrogen and oxygen atoms in total. The number of hydrogen-bond donors (Lipinski definition) is 1. The molecule has 0 atom stereocenters. The molecule has 0 amide bonds. The summed E-state index contributed by atoms with van der Waals surface area (Å²) in [6, 6.07) is 27.3. The van der Waals surface area contributed by atoms with E-state index < -0.39 is 0 Å². The van der Waals surface area contributed by atoms with Crippen molar-refractivity contribution in [3.8, 4) is 28.1 Å². The molecule has 0 spiro atoms. The molecule has 0 saturated carbocycles. The molecule has 0 aliphatic heterocycles. The van der Waals surface area contributed by atoms with Crippen molar-refractivity contribution < 1.29 is 9.52 Å². The van der Waals surface area contributed by atoms with E-state index in [1.165, 1.54) is 0 Å². The molecular weight excluding hydrogens is 322 g/mol. The number of para-hydroxylation sites is 1. The molecule has 0 fully saturated rings. The van der Waals surface area contributed by atoms with E-state index in [2.05, 4.69) is 12.1 Å². The average molecular weight is 337 g/mol. The molecule has 0 bridgehead atoms. The molecule has 2 heterocycles. The Balaban J connectivity index is 1.89. The van der Waals surface area contributed by atoms with E-state index in [0.717, 1.165) is 44.5 Å². The van der Waals surface area contributed by atoms with E-state index in [0.29, 0.717) is 0 Å². The smallest absolute Gasteiger partial charge is 0.161 e. The van der Waals surface area contributed by atoms with E-state index in [1.54, 1.807) is 12.1 Å². The van der Waals surface area contributed by atoms with Gasteiger partial charge in [0.1, 0.15) is 16.8 Å². The average Bonchev–Trinajstić information content (AvgIpc) is 3.06. The van der Waals surface area contributed by atoms with Gasteiger partial charge in [0.2, 0.25) is 0 Å². The molecule has 26 heavy (non-hydrogen) atoms. The third-order valence-electron chi connectivity index (χ3n) is 4.55. The molecule has 0 radical (unpaired) electrons. The first-order valence-corrected chi connectivity index (χ1v) is 8.47. The highest BCUT2D eigenvalue weighted by molar-refractivity contribution is 6.08. The molecule has 0 aliphatic carbocycles. The Hall–Kier alpha value is -3.59. The molecule has 5 rings (SSSR count). The van der Waals surface area contributed by atoms with Gasteiger partial charge in [0.15, 0.2) is 5.58 Å². The van der Waals surface area contributed by atoms with Gasteiger partial charge < -0.3 is 9.52 Å². The van der Waals surface area contributed by atoms with Crippen molar-refractivity contribution in [2.24, 2.45) is 0 Å². The van der Waals surface area contributed by atoms with Crippen molar-refractivity contribution in [1.29, 1.82) is 0 Å². The van der Waals surface area contributed by atoms with Crippen LogP contribution in [-0.4, -0.2) is 10.1 Å². The quantitative estimate of drug-likeness (QED) is 0.428. The second-order valence-electron chi connectivity index (χ2n) is 6.25. The summed E-state index contributed by atoms with van der Waals surface area (Å²) in [5.74, 6) is 0.225. The summed E-state index contributed by atoms with van der Waals surface area (Å²) in [6.45, 7) is 0. The Kier molecular flexibility index (Phi) is 3.25. The molecule has 3 heteroatoms. The zero-order valence-electron chi connectivity index (χ0n) is 13.9. The molecule has 2 aromatic heterocycles. The van der Waals surface area contributed by atoms with Crippen LogP contribution in [0.5, 0.6) is 5.75 Å². The van der Waals surface area contributed by atoms with Crippen LogP contribution >= 0.6 is 0 Å². The van der Waals surface area contributed by atoms with Gasteiger partial charge in [0, 0.05) is 16.5 Å². The molecule has 1 N–H and O–H groups in total. The number of nitrogens with zero attached hydrogens (tertiary/aromatic N) is 1. The van der Waals surface area contributed by atoms with Crippen LogP contribution in [0.2, 0.25) is 0 Å². The highest BCUT2D eigenvalue weighted by Gasteiger charge is 2.16. The summed E-state index contributed by atoms with van der Waals surface area (Å²) < 4.78 is 6.14. The number of aromatic nitrogens is 1. The Morgan fingerprint density at radius 2 is 1.50 bits per heavy atom. The third kappa shape index (κ3) is 2.33. The SMILES string of the molecule is Oc1cccc(-c2cc(-c3ccccc3)c3oc4ccccc4c3n2)c1. The monoisotopic (exact) mass is 337 g/mol. The number of furan rings is 1. The summed E-state index contributed by atoms with van der Waals surface area (Å²) >= 11 is 0. The zero-order chi connectivity index (χ0) is 17.5. The molecule has 0 saturated heterocycles. The topological polar surface area (TPSA) is 46.3 Å². The van der Waals surface area contributed by atoms with Crippen LogP contribution in [0.1, 0.15) is 0 Å². The summed E-state index contributed by atoms with van der Waals surface area (Å²) in [5, 5.41) is 10.8. The highest BCUT2D eigenvalue weighted by atomic mass is 16.3. The van der Waals surface area contributed by atoms with Crippen molar-refractivity contribution in [2.75, 3.05) is 0 Å². The van der Waals surface area contributed by atoms with Gasteiger partial charge in [-0.05, 0) is 35.9 Å². The van der Waals surface area contributed by atoms with Crippen LogP contribution in [0.4, 0.5) is 0 Å². The van der Waals surface area contributed by atoms with Crippen LogP contribution in [0.15, 0.2) is 89.3 Å². The van der Waals surface area contributed by atoms with Crippen LogP contribution in [-0.2, 0) is 0 Å². The predicted octanol–water partition coefficient (Wildman–Crippen LogP) is 6.02. The van der Waals surface area contributed by atoms with Gasteiger partial charge in [-0.15, -0.1) is 0 Å². The first-order valence-electron chi connectivity index (χ1n) is 8.47. The van der Waals surface area contributed by atoms with E-state index >= 15 is 0 Å². The van der Waals surface area contributed by atoms with E-state index in [4.69, 9.17) is 9.40 Å². The summed E-state index contributed by atoms with van der Waals surface area (Å²) in [5.41, 5.74) is 6.17. The fraction of sp³-hybridized carbons (Fsp3) is 0. The van der Waals surface area contributed by atoms with E-state index in [9.17, 15) is 5.11 Å². The van der Waals surface area contributed by atoms with Crippen molar-refractivity contribution in [2.45, 2.75) is 0 Å². The second kappa shape index (κ2) is 5.74. The molecular formula is C23H15NO2. The fourth-order valence-electron chi connectivity index (χ4n) is 3.33. The van der Waals surface area contributed by atoms with Crippen molar-refractivity contribution in [3.63, 3.8) is 0 Å². The maximum absolute atomic E-state index is 9.86. The molecule has 5 aromatic rings. The minimum Gasteiger partial charge on any atom is -0.508 e. The lowest BCUT2D eigenvalue weighted by atomic mass is 10.0. The number of benzene rings is 3. The standard InChI is InChI=1S/C23H15NO2/c25-17-10-6-9-16(13-17)20-14-19(15-7-2-1-3-8-15)23-22(24-20)18-11-4-5-12-21(18)26-23/h1-14,25H. The lowest BCUT2D eigenvalue weighted by Gasteiger charge is -2.07. The summed E-state index contributed by atoms with van der Waals surface area (Å²) in [7, 11) is 0. The van der Waals surface area contributed by atoms with Crippen LogP contribution in [0.3, 0.4) is 0 Å². The normalized spacial score (nSPS) is 11.2. The molecule has 0 aliphatic rings. The van der Waals surface area contributed by atoms with Gasteiger partial charge in [-0.3, -0.25) is 0 Å². The fourth-order valence-corrected chi connectivity index (χ4v) is 3.33. The predicted molar refractivity (Wildman–Crippen MR) is 104 cm³/mol. The Morgan fingerprint density at radius 3 is 2.35 bits per heavy atom. The van der Waals surface area contributed by atoms with Gasteiger partial charge in [-0.1, -0.05) is 54.6 Å². The lowest BCUT2D eigenvalue weighted by Crippen LogP contribution is -1.88. The first-order chi connectivity index (χ1) is 12.8. The largest absolute Gasteiger partial charge is 0.508 e. The van der Waals surface area contributed by atoms with Gasteiger partial charge in [-0.2, -0.15) is 0 Å². The van der Waals surface area contributed by atoms with Gasteiger partial charge in [0.25, 0.3) is 0 Å². The van der Waals surface area contributed by atoms with Crippen LogP contribution in [0, 0.1) is 0 Å². The van der Waals surface area contributed by atoms with Crippen molar-refractivity contribution >= 4 is 22.1 Å². The molecule has 0 unspecified atom stereocenters. The number of phenolic OH excluding ortho intramolecular Hbond substituents is 1. The molecule has 3 aromatic carbocycles. The Bertz CT molecular complexity index is 1240. The second-order valence-corrected chi connectivity index (χ2v) is 6.25. The first kappa shape index (κ1) is 14.7. The number of pyridine rings is 1. The van der Waals surface area contributed by atoms with Gasteiger partial charge >= 0.3 is 0 Å². The lowest BCUT2D eigenvalue weighted by molar-refractivity contribution is 0.475. The van der Waals surface area contributed by atoms with Crippen molar-refractivity contribution in [1.82, 2.24) is 4.98 Å². The van der Waals surface area contributed by atoms with Crippen LogP contribution in [0.25, 0.3) is 44.5 Å². The maximum atomic E-state index is 9.86. The number of rotatable bonds is 2. The Labute approximate surface area is 150 Å². The van der Waals surface area contributed by atoms with Crippen LogP contribution < -0.4 is 0 Å². The van der Waals surface area contributed by atoms with Gasteiger partial charge in [-0.25, -0.2) is 4.98 Å². The molecule has 124 valence electrons. The van der Waals surface area contributed by atoms with Gasteiger partial charge in [0.05, 0.1) is 5.69 Å². The van der Waals surface area contributed by atoms with Crippen molar-refractivity contribution in [3.05, 3.63) is 84.9 Å². The van der Waals surface area contributed by atoms with E-state index in [-0.39, 0.29) is 5.75 Å². The number of phenols is 1. The third-order valence-corrected chi connectivity index (χ3v) is 4.55. The van der Waals surface area contributed by atoms with E-state index in [1.807, 2.05) is 60.7 Å². The summed E-state index contributed by atoms with van der Waals surface area (Å²) in [6.07, 6.45) is 0. The minimum absolute atomic E-state index is 0.225. The Morgan fingerprint density at radius 1 is 0.731 bits per heavy atom. The zero-order valence-corrected chi connectivity index (χ0v) is 13.9. The number of hydrogen-bond acceptors (Lipinski definition) is 3. The summed E-state index contributed by atoms with van der Waals surface area (Å²) in [4.78, 5) is 4.86. The number of fused-ring (bicyclic) bond motifs is 3.